The predicted octanol–water partition coefficient (Wildman–Crippen LogP) is 1.47. The lowest BCUT2D eigenvalue weighted by Gasteiger charge is -2.31. The first-order chi connectivity index (χ1) is 8.78. The molecular formula is C13H22ClN3OS. The SMILES string of the molecule is CNC1CCN(CC(=O)NCc2cccs2)CC1.Cl. The molecule has 2 rings (SSSR count). The van der Waals surface area contributed by atoms with Crippen LogP contribution in [0.5, 0.6) is 0 Å². The van der Waals surface area contributed by atoms with Crippen LogP contribution in [-0.2, 0) is 11.3 Å². The van der Waals surface area contributed by atoms with Gasteiger partial charge in [0.05, 0.1) is 13.1 Å². The minimum absolute atomic E-state index is 0. The third-order valence-corrected chi connectivity index (χ3v) is 4.28. The minimum Gasteiger partial charge on any atom is -0.350 e. The summed E-state index contributed by atoms with van der Waals surface area (Å²) in [5.74, 6) is 0.131. The topological polar surface area (TPSA) is 44.4 Å². The van der Waals surface area contributed by atoms with E-state index in [-0.39, 0.29) is 18.3 Å². The van der Waals surface area contributed by atoms with Gasteiger partial charge in [-0.05, 0) is 31.3 Å². The zero-order chi connectivity index (χ0) is 12.8. The second-order valence-electron chi connectivity index (χ2n) is 4.70. The Kier molecular flexibility index (Phi) is 7.38. The summed E-state index contributed by atoms with van der Waals surface area (Å²) in [6.07, 6.45) is 2.27. The van der Waals surface area contributed by atoms with E-state index in [1.807, 2.05) is 24.6 Å². The van der Waals surface area contributed by atoms with Crippen molar-refractivity contribution < 1.29 is 4.79 Å². The average Bonchev–Trinajstić information content (AvgIpc) is 2.90. The van der Waals surface area contributed by atoms with Crippen molar-refractivity contribution in [3.8, 4) is 0 Å². The molecule has 0 atom stereocenters. The van der Waals surface area contributed by atoms with Gasteiger partial charge in [-0.1, -0.05) is 6.07 Å². The molecule has 0 saturated carbocycles. The number of nitrogens with zero attached hydrogens (tertiary/aromatic N) is 1. The Morgan fingerprint density at radius 3 is 2.79 bits per heavy atom. The molecule has 1 amide bonds. The molecule has 108 valence electrons. The maximum absolute atomic E-state index is 11.8. The van der Waals surface area contributed by atoms with Gasteiger partial charge < -0.3 is 10.6 Å². The predicted molar refractivity (Wildman–Crippen MR) is 81.9 cm³/mol. The van der Waals surface area contributed by atoms with Crippen LogP contribution in [0.3, 0.4) is 0 Å². The number of carbonyl (C=O) groups excluding carboxylic acids is 1. The summed E-state index contributed by atoms with van der Waals surface area (Å²) < 4.78 is 0. The van der Waals surface area contributed by atoms with Gasteiger partial charge in [-0.25, -0.2) is 0 Å². The Labute approximate surface area is 125 Å². The van der Waals surface area contributed by atoms with Crippen LogP contribution in [0.25, 0.3) is 0 Å². The fourth-order valence-electron chi connectivity index (χ4n) is 2.24. The molecule has 4 nitrogen and oxygen atoms in total. The number of amides is 1. The fraction of sp³-hybridized carbons (Fsp3) is 0.615. The van der Waals surface area contributed by atoms with E-state index in [0.29, 0.717) is 19.1 Å². The number of thiophene rings is 1. The molecule has 2 heterocycles. The number of likely N-dealkylation sites (tertiary alicyclic amines) is 1. The zero-order valence-corrected chi connectivity index (χ0v) is 12.9. The summed E-state index contributed by atoms with van der Waals surface area (Å²) in [4.78, 5) is 15.2. The first-order valence-electron chi connectivity index (χ1n) is 6.46. The first kappa shape index (κ1) is 16.4. The van der Waals surface area contributed by atoms with Gasteiger partial charge in [0.25, 0.3) is 0 Å². The third-order valence-electron chi connectivity index (χ3n) is 3.40. The van der Waals surface area contributed by atoms with Gasteiger partial charge in [0, 0.05) is 24.0 Å². The molecule has 0 radical (unpaired) electrons. The van der Waals surface area contributed by atoms with E-state index in [1.165, 1.54) is 4.88 Å². The lowest BCUT2D eigenvalue weighted by Crippen LogP contribution is -2.45. The molecule has 0 unspecified atom stereocenters. The van der Waals surface area contributed by atoms with E-state index < -0.39 is 0 Å². The summed E-state index contributed by atoms with van der Waals surface area (Å²) in [6.45, 7) is 3.21. The van der Waals surface area contributed by atoms with Crippen molar-refractivity contribution in [1.82, 2.24) is 15.5 Å². The normalized spacial score (nSPS) is 16.9. The van der Waals surface area contributed by atoms with Crippen molar-refractivity contribution in [3.05, 3.63) is 22.4 Å². The zero-order valence-electron chi connectivity index (χ0n) is 11.2. The largest absolute Gasteiger partial charge is 0.350 e. The van der Waals surface area contributed by atoms with Crippen LogP contribution in [0.15, 0.2) is 17.5 Å². The van der Waals surface area contributed by atoms with Crippen LogP contribution in [-0.4, -0.2) is 43.5 Å². The van der Waals surface area contributed by atoms with Crippen molar-refractivity contribution in [1.29, 1.82) is 0 Å². The number of hydrogen-bond acceptors (Lipinski definition) is 4. The highest BCUT2D eigenvalue weighted by Gasteiger charge is 2.19. The molecule has 2 N–H and O–H groups in total. The van der Waals surface area contributed by atoms with Gasteiger partial charge in [-0.3, -0.25) is 9.69 Å². The van der Waals surface area contributed by atoms with E-state index in [2.05, 4.69) is 15.5 Å². The number of piperidine rings is 1. The highest BCUT2D eigenvalue weighted by Crippen LogP contribution is 2.10. The van der Waals surface area contributed by atoms with Gasteiger partial charge in [0.1, 0.15) is 0 Å². The molecule has 1 fully saturated rings. The maximum Gasteiger partial charge on any atom is 0.234 e. The van der Waals surface area contributed by atoms with E-state index in [9.17, 15) is 4.79 Å². The average molecular weight is 304 g/mol. The molecule has 1 aliphatic rings. The monoisotopic (exact) mass is 303 g/mol. The standard InChI is InChI=1S/C13H21N3OS.ClH/c1-14-11-4-6-16(7-5-11)10-13(17)15-9-12-3-2-8-18-12;/h2-3,8,11,14H,4-7,9-10H2,1H3,(H,15,17);1H. The summed E-state index contributed by atoms with van der Waals surface area (Å²) in [6, 6.07) is 4.67. The molecular weight excluding hydrogens is 282 g/mol. The van der Waals surface area contributed by atoms with E-state index in [4.69, 9.17) is 0 Å². The molecule has 1 saturated heterocycles. The minimum atomic E-state index is 0. The number of rotatable bonds is 5. The molecule has 1 aromatic heterocycles. The van der Waals surface area contributed by atoms with E-state index in [1.54, 1.807) is 11.3 Å². The van der Waals surface area contributed by atoms with Gasteiger partial charge in [-0.2, -0.15) is 0 Å². The highest BCUT2D eigenvalue weighted by molar-refractivity contribution is 7.09. The fourth-order valence-corrected chi connectivity index (χ4v) is 2.88. The van der Waals surface area contributed by atoms with Gasteiger partial charge in [-0.15, -0.1) is 23.7 Å². The Bertz CT molecular complexity index is 364. The molecule has 0 spiro atoms. The summed E-state index contributed by atoms with van der Waals surface area (Å²) in [5, 5.41) is 8.30. The Morgan fingerprint density at radius 1 is 1.47 bits per heavy atom. The summed E-state index contributed by atoms with van der Waals surface area (Å²) in [7, 11) is 2.01. The molecule has 6 heteroatoms. The van der Waals surface area contributed by atoms with Crippen molar-refractivity contribution in [2.45, 2.75) is 25.4 Å². The van der Waals surface area contributed by atoms with Crippen LogP contribution >= 0.6 is 23.7 Å². The lowest BCUT2D eigenvalue weighted by atomic mass is 10.1. The van der Waals surface area contributed by atoms with Gasteiger partial charge in [0.15, 0.2) is 0 Å². The molecule has 1 aliphatic heterocycles. The molecule has 0 aliphatic carbocycles. The smallest absolute Gasteiger partial charge is 0.234 e. The number of nitrogens with one attached hydrogen (secondary N) is 2. The van der Waals surface area contributed by atoms with Crippen LogP contribution in [0.4, 0.5) is 0 Å². The second kappa shape index (κ2) is 8.53. The van der Waals surface area contributed by atoms with E-state index >= 15 is 0 Å². The number of halogens is 1. The highest BCUT2D eigenvalue weighted by atomic mass is 35.5. The van der Waals surface area contributed by atoms with Crippen molar-refractivity contribution in [2.24, 2.45) is 0 Å². The lowest BCUT2D eigenvalue weighted by molar-refractivity contribution is -0.122. The van der Waals surface area contributed by atoms with Gasteiger partial charge in [0.2, 0.25) is 5.91 Å². The summed E-state index contributed by atoms with van der Waals surface area (Å²) >= 11 is 1.68. The molecule has 0 aromatic carbocycles. The second-order valence-corrected chi connectivity index (χ2v) is 5.73. The Balaban J connectivity index is 0.00000180. The third kappa shape index (κ3) is 5.48. The molecule has 0 bridgehead atoms. The van der Waals surface area contributed by atoms with Crippen molar-refractivity contribution in [3.63, 3.8) is 0 Å². The van der Waals surface area contributed by atoms with Crippen molar-refractivity contribution in [2.75, 3.05) is 26.7 Å². The number of carbonyl (C=O) groups is 1. The molecule has 1 aromatic rings. The van der Waals surface area contributed by atoms with Crippen LogP contribution in [0, 0.1) is 0 Å². The van der Waals surface area contributed by atoms with Crippen LogP contribution in [0.2, 0.25) is 0 Å². The quantitative estimate of drug-likeness (QED) is 0.866. The molecule has 19 heavy (non-hydrogen) atoms. The summed E-state index contributed by atoms with van der Waals surface area (Å²) in [5.41, 5.74) is 0. The number of hydrogen-bond donors (Lipinski definition) is 2. The van der Waals surface area contributed by atoms with Gasteiger partial charge >= 0.3 is 0 Å². The Morgan fingerprint density at radius 2 is 2.21 bits per heavy atom. The first-order valence-corrected chi connectivity index (χ1v) is 7.34. The maximum atomic E-state index is 11.8. The van der Waals surface area contributed by atoms with Crippen LogP contribution < -0.4 is 10.6 Å². The Hall–Kier alpha value is -0.620. The van der Waals surface area contributed by atoms with E-state index in [0.717, 1.165) is 25.9 Å². The van der Waals surface area contributed by atoms with Crippen molar-refractivity contribution >= 4 is 29.7 Å². The van der Waals surface area contributed by atoms with Crippen LogP contribution in [0.1, 0.15) is 17.7 Å².